The predicted molar refractivity (Wildman–Crippen MR) is 100 cm³/mol. The van der Waals surface area contributed by atoms with Crippen molar-refractivity contribution in [3.63, 3.8) is 0 Å². The quantitative estimate of drug-likeness (QED) is 0.662. The minimum Gasteiger partial charge on any atom is -0.382 e. The summed E-state index contributed by atoms with van der Waals surface area (Å²) in [4.78, 5) is 17.5. The Morgan fingerprint density at radius 3 is 2.44 bits per heavy atom. The molecule has 1 aromatic heterocycles. The summed E-state index contributed by atoms with van der Waals surface area (Å²) in [6, 6.07) is 10.2. The first-order valence-electron chi connectivity index (χ1n) is 7.77. The highest BCUT2D eigenvalue weighted by Crippen LogP contribution is 2.32. The number of carbonyl (C=O) groups excluding carboxylic acids is 1. The van der Waals surface area contributed by atoms with Gasteiger partial charge in [-0.05, 0) is 44.0 Å². The first-order chi connectivity index (χ1) is 11.9. The highest BCUT2D eigenvalue weighted by Gasteiger charge is 2.21. The Labute approximate surface area is 149 Å². The molecule has 0 atom stereocenters. The molecule has 6 heteroatoms. The van der Waals surface area contributed by atoms with Crippen LogP contribution in [0.25, 0.3) is 0 Å². The van der Waals surface area contributed by atoms with Gasteiger partial charge in [0.05, 0.1) is 5.69 Å². The Balaban J connectivity index is 1.96. The zero-order valence-electron chi connectivity index (χ0n) is 14.2. The number of rotatable bonds is 4. The van der Waals surface area contributed by atoms with Gasteiger partial charge in [0.15, 0.2) is 5.13 Å². The third kappa shape index (κ3) is 3.39. The Kier molecular flexibility index (Phi) is 4.55. The summed E-state index contributed by atoms with van der Waals surface area (Å²) in [5, 5.41) is 3.26. The SMILES string of the molecule is Cc1cc(C)c(C(=O)c2sc(Nc3ccccc3F)nc2N)c(C)c1. The molecule has 25 heavy (non-hydrogen) atoms. The number of aromatic nitrogens is 1. The van der Waals surface area contributed by atoms with E-state index in [2.05, 4.69) is 10.3 Å². The predicted octanol–water partition coefficient (Wildman–Crippen LogP) is 4.76. The molecule has 0 saturated carbocycles. The molecule has 0 radical (unpaired) electrons. The van der Waals surface area contributed by atoms with Gasteiger partial charge in [0.2, 0.25) is 5.78 Å². The molecule has 3 aromatic rings. The van der Waals surface area contributed by atoms with E-state index in [1.807, 2.05) is 32.9 Å². The Hall–Kier alpha value is -2.73. The van der Waals surface area contributed by atoms with E-state index in [9.17, 15) is 9.18 Å². The molecule has 2 aromatic carbocycles. The van der Waals surface area contributed by atoms with Crippen LogP contribution in [0.2, 0.25) is 0 Å². The van der Waals surface area contributed by atoms with E-state index in [-0.39, 0.29) is 17.3 Å². The first kappa shape index (κ1) is 17.1. The number of aryl methyl sites for hydroxylation is 3. The number of benzene rings is 2. The molecule has 128 valence electrons. The van der Waals surface area contributed by atoms with Gasteiger partial charge in [0, 0.05) is 5.56 Å². The van der Waals surface area contributed by atoms with Crippen LogP contribution in [0, 0.1) is 26.6 Å². The number of nitrogens with one attached hydrogen (secondary N) is 1. The van der Waals surface area contributed by atoms with E-state index < -0.39 is 5.82 Å². The standard InChI is InChI=1S/C19H18FN3OS/c1-10-8-11(2)15(12(3)9-10)16(24)17-18(21)23-19(25-17)22-14-7-5-4-6-13(14)20/h4-9H,21H2,1-3H3,(H,22,23). The molecule has 1 heterocycles. The van der Waals surface area contributed by atoms with Crippen LogP contribution in [0.3, 0.4) is 0 Å². The number of hydrogen-bond acceptors (Lipinski definition) is 5. The summed E-state index contributed by atoms with van der Waals surface area (Å²) >= 11 is 1.12. The molecule has 0 aliphatic rings. The smallest absolute Gasteiger partial charge is 0.207 e. The topological polar surface area (TPSA) is 68.0 Å². The summed E-state index contributed by atoms with van der Waals surface area (Å²) < 4.78 is 13.8. The summed E-state index contributed by atoms with van der Waals surface area (Å²) in [7, 11) is 0. The molecule has 0 amide bonds. The van der Waals surface area contributed by atoms with Gasteiger partial charge in [-0.15, -0.1) is 0 Å². The van der Waals surface area contributed by atoms with Crippen LogP contribution in [0.15, 0.2) is 36.4 Å². The second-order valence-corrected chi connectivity index (χ2v) is 6.94. The lowest BCUT2D eigenvalue weighted by molar-refractivity contribution is 0.104. The van der Waals surface area contributed by atoms with Gasteiger partial charge in [-0.25, -0.2) is 9.37 Å². The van der Waals surface area contributed by atoms with Crippen molar-refractivity contribution in [1.82, 2.24) is 4.98 Å². The molecule has 3 N–H and O–H groups in total. The normalized spacial score (nSPS) is 10.7. The fourth-order valence-corrected chi connectivity index (χ4v) is 3.72. The van der Waals surface area contributed by atoms with E-state index in [4.69, 9.17) is 5.73 Å². The van der Waals surface area contributed by atoms with Crippen LogP contribution in [0.5, 0.6) is 0 Å². The third-order valence-corrected chi connectivity index (χ3v) is 4.86. The maximum atomic E-state index is 13.8. The van der Waals surface area contributed by atoms with Crippen molar-refractivity contribution in [2.75, 3.05) is 11.1 Å². The molecular formula is C19H18FN3OS. The summed E-state index contributed by atoms with van der Waals surface area (Å²) in [6.45, 7) is 5.80. The van der Waals surface area contributed by atoms with Gasteiger partial charge in [-0.1, -0.05) is 41.2 Å². The molecule has 0 bridgehead atoms. The van der Waals surface area contributed by atoms with Gasteiger partial charge in [-0.2, -0.15) is 0 Å². The number of para-hydroxylation sites is 1. The fourth-order valence-electron chi connectivity index (χ4n) is 2.88. The monoisotopic (exact) mass is 355 g/mol. The number of nitrogen functional groups attached to an aromatic ring is 1. The maximum Gasteiger partial charge on any atom is 0.207 e. The van der Waals surface area contributed by atoms with E-state index >= 15 is 0 Å². The zero-order chi connectivity index (χ0) is 18.1. The minimum atomic E-state index is -0.394. The second-order valence-electron chi connectivity index (χ2n) is 5.94. The van der Waals surface area contributed by atoms with Crippen molar-refractivity contribution in [3.05, 3.63) is 69.3 Å². The molecule has 4 nitrogen and oxygen atoms in total. The minimum absolute atomic E-state index is 0.146. The van der Waals surface area contributed by atoms with Crippen molar-refractivity contribution in [2.24, 2.45) is 0 Å². The van der Waals surface area contributed by atoms with Crippen LogP contribution in [-0.4, -0.2) is 10.8 Å². The van der Waals surface area contributed by atoms with Crippen molar-refractivity contribution in [3.8, 4) is 0 Å². The number of ketones is 1. The highest BCUT2D eigenvalue weighted by atomic mass is 32.1. The summed E-state index contributed by atoms with van der Waals surface area (Å²) in [5.41, 5.74) is 9.78. The largest absolute Gasteiger partial charge is 0.382 e. The van der Waals surface area contributed by atoms with Crippen LogP contribution >= 0.6 is 11.3 Å². The number of anilines is 3. The third-order valence-electron chi connectivity index (χ3n) is 3.88. The van der Waals surface area contributed by atoms with Crippen molar-refractivity contribution < 1.29 is 9.18 Å². The molecule has 0 unspecified atom stereocenters. The second kappa shape index (κ2) is 6.64. The summed E-state index contributed by atoms with van der Waals surface area (Å²) in [6.07, 6.45) is 0. The molecular weight excluding hydrogens is 337 g/mol. The molecule has 0 aliphatic carbocycles. The summed E-state index contributed by atoms with van der Waals surface area (Å²) in [5.74, 6) is -0.408. The van der Waals surface area contributed by atoms with Crippen molar-refractivity contribution in [1.29, 1.82) is 0 Å². The van der Waals surface area contributed by atoms with Crippen LogP contribution in [-0.2, 0) is 0 Å². The van der Waals surface area contributed by atoms with Gasteiger partial charge in [-0.3, -0.25) is 4.79 Å². The lowest BCUT2D eigenvalue weighted by Gasteiger charge is -2.09. The van der Waals surface area contributed by atoms with Gasteiger partial charge in [0.25, 0.3) is 0 Å². The van der Waals surface area contributed by atoms with Gasteiger partial charge >= 0.3 is 0 Å². The van der Waals surface area contributed by atoms with Crippen LogP contribution in [0.4, 0.5) is 21.0 Å². The molecule has 3 rings (SSSR count). The Bertz CT molecular complexity index is 942. The van der Waals surface area contributed by atoms with Crippen LogP contribution < -0.4 is 11.1 Å². The van der Waals surface area contributed by atoms with Gasteiger partial charge in [0.1, 0.15) is 16.5 Å². The lowest BCUT2D eigenvalue weighted by Crippen LogP contribution is -2.07. The van der Waals surface area contributed by atoms with Crippen molar-refractivity contribution in [2.45, 2.75) is 20.8 Å². The number of halogens is 1. The van der Waals surface area contributed by atoms with E-state index in [1.165, 1.54) is 6.07 Å². The highest BCUT2D eigenvalue weighted by molar-refractivity contribution is 7.18. The zero-order valence-corrected chi connectivity index (χ0v) is 15.0. The van der Waals surface area contributed by atoms with E-state index in [0.29, 0.717) is 15.6 Å². The maximum absolute atomic E-state index is 13.8. The Morgan fingerprint density at radius 2 is 1.80 bits per heavy atom. The average molecular weight is 355 g/mol. The number of nitrogens with zero attached hydrogens (tertiary/aromatic N) is 1. The van der Waals surface area contributed by atoms with E-state index in [0.717, 1.165) is 28.0 Å². The molecule has 0 spiro atoms. The first-order valence-corrected chi connectivity index (χ1v) is 8.59. The number of carbonyl (C=O) groups is 1. The van der Waals surface area contributed by atoms with E-state index in [1.54, 1.807) is 18.2 Å². The lowest BCUT2D eigenvalue weighted by atomic mass is 9.96. The fraction of sp³-hybridized carbons (Fsp3) is 0.158. The number of nitrogens with two attached hydrogens (primary N) is 1. The number of thiazole rings is 1. The number of hydrogen-bond donors (Lipinski definition) is 2. The van der Waals surface area contributed by atoms with Gasteiger partial charge < -0.3 is 11.1 Å². The van der Waals surface area contributed by atoms with Crippen LogP contribution in [0.1, 0.15) is 31.9 Å². The van der Waals surface area contributed by atoms with Crippen molar-refractivity contribution >= 4 is 33.8 Å². The molecule has 0 aliphatic heterocycles. The molecule has 0 fully saturated rings. The molecule has 0 saturated heterocycles. The Morgan fingerprint density at radius 1 is 1.16 bits per heavy atom. The average Bonchev–Trinajstić information content (AvgIpc) is 2.89.